The Kier molecular flexibility index (Phi) is 1.96. The highest BCUT2D eigenvalue weighted by Gasteiger charge is 2.42. The summed E-state index contributed by atoms with van der Waals surface area (Å²) in [5.41, 5.74) is 5.00. The van der Waals surface area contributed by atoms with Crippen molar-refractivity contribution in [3.05, 3.63) is 0 Å². The van der Waals surface area contributed by atoms with E-state index in [1.54, 1.807) is 0 Å². The van der Waals surface area contributed by atoms with Gasteiger partial charge >= 0.3 is 0 Å². The Labute approximate surface area is 71.7 Å². The fourth-order valence-electron chi connectivity index (χ4n) is 1.36. The van der Waals surface area contributed by atoms with Crippen LogP contribution in [0.1, 0.15) is 27.2 Å². The topological polar surface area (TPSA) is 63.4 Å². The number of amides is 2. The van der Waals surface area contributed by atoms with Crippen LogP contribution in [0.2, 0.25) is 0 Å². The largest absolute Gasteiger partial charge is 0.319 e. The molecule has 4 heteroatoms. The van der Waals surface area contributed by atoms with E-state index in [2.05, 4.69) is 0 Å². The highest BCUT2D eigenvalue weighted by Crippen LogP contribution is 2.21. The fraction of sp³-hybridized carbons (Fsp3) is 0.750. The molecule has 0 aromatic carbocycles. The molecular weight excluding hydrogens is 156 g/mol. The van der Waals surface area contributed by atoms with E-state index in [9.17, 15) is 9.59 Å². The number of nitrogens with two attached hydrogens (primary N) is 1. The lowest BCUT2D eigenvalue weighted by atomic mass is 10.1. The van der Waals surface area contributed by atoms with Crippen LogP contribution < -0.4 is 5.73 Å². The van der Waals surface area contributed by atoms with E-state index in [4.69, 9.17) is 5.73 Å². The summed E-state index contributed by atoms with van der Waals surface area (Å²) in [7, 11) is 0. The van der Waals surface area contributed by atoms with Crippen LogP contribution in [0.3, 0.4) is 0 Å². The van der Waals surface area contributed by atoms with Crippen molar-refractivity contribution in [1.82, 2.24) is 4.90 Å². The van der Waals surface area contributed by atoms with Crippen LogP contribution >= 0.6 is 0 Å². The van der Waals surface area contributed by atoms with Gasteiger partial charge < -0.3 is 5.73 Å². The molecule has 1 saturated heterocycles. The predicted octanol–water partition coefficient (Wildman–Crippen LogP) is -0.129. The standard InChI is InChI=1S/C8H14N2O2/c1-8(2,3)10-6(11)4-5(9)7(10)12/h5H,4,9H2,1-3H3. The van der Waals surface area contributed by atoms with Crippen LogP contribution in [0.15, 0.2) is 0 Å². The molecular formula is C8H14N2O2. The summed E-state index contributed by atoms with van der Waals surface area (Å²) < 4.78 is 0. The average Bonchev–Trinajstić information content (AvgIpc) is 2.05. The van der Waals surface area contributed by atoms with Crippen molar-refractivity contribution in [3.8, 4) is 0 Å². The molecule has 1 rings (SSSR count). The van der Waals surface area contributed by atoms with Crippen LogP contribution in [0.25, 0.3) is 0 Å². The van der Waals surface area contributed by atoms with E-state index in [0.717, 1.165) is 0 Å². The number of hydrogen-bond acceptors (Lipinski definition) is 3. The Morgan fingerprint density at radius 3 is 2.08 bits per heavy atom. The number of carbonyl (C=O) groups is 2. The molecule has 0 aromatic heterocycles. The van der Waals surface area contributed by atoms with Crippen LogP contribution in [0, 0.1) is 0 Å². The van der Waals surface area contributed by atoms with Crippen LogP contribution in [-0.2, 0) is 9.59 Å². The Morgan fingerprint density at radius 2 is 1.92 bits per heavy atom. The molecule has 0 aromatic rings. The highest BCUT2D eigenvalue weighted by atomic mass is 16.2. The van der Waals surface area contributed by atoms with Crippen molar-refractivity contribution in [2.24, 2.45) is 5.73 Å². The van der Waals surface area contributed by atoms with Crippen molar-refractivity contribution < 1.29 is 9.59 Å². The van der Waals surface area contributed by atoms with Crippen molar-refractivity contribution >= 4 is 11.8 Å². The first-order valence-corrected chi connectivity index (χ1v) is 3.96. The van der Waals surface area contributed by atoms with Crippen molar-refractivity contribution in [1.29, 1.82) is 0 Å². The zero-order valence-corrected chi connectivity index (χ0v) is 7.63. The van der Waals surface area contributed by atoms with E-state index in [0.29, 0.717) is 0 Å². The minimum atomic E-state index is -0.628. The molecule has 1 aliphatic rings. The summed E-state index contributed by atoms with van der Waals surface area (Å²) in [4.78, 5) is 23.9. The fourth-order valence-corrected chi connectivity index (χ4v) is 1.36. The molecule has 2 N–H and O–H groups in total. The van der Waals surface area contributed by atoms with Gasteiger partial charge in [0.25, 0.3) is 0 Å². The molecule has 4 nitrogen and oxygen atoms in total. The molecule has 1 aliphatic heterocycles. The minimum absolute atomic E-state index is 0.149. The van der Waals surface area contributed by atoms with Gasteiger partial charge in [0.2, 0.25) is 11.8 Å². The summed E-state index contributed by atoms with van der Waals surface area (Å²) in [6, 6.07) is -0.628. The molecule has 1 atom stereocenters. The van der Waals surface area contributed by atoms with Gasteiger partial charge in [0.05, 0.1) is 12.5 Å². The monoisotopic (exact) mass is 170 g/mol. The van der Waals surface area contributed by atoms with Gasteiger partial charge in [-0.2, -0.15) is 0 Å². The van der Waals surface area contributed by atoms with Gasteiger partial charge in [0.1, 0.15) is 0 Å². The maximum atomic E-state index is 11.3. The average molecular weight is 170 g/mol. The Hall–Kier alpha value is -0.900. The van der Waals surface area contributed by atoms with Gasteiger partial charge in [-0.3, -0.25) is 14.5 Å². The molecule has 0 radical (unpaired) electrons. The van der Waals surface area contributed by atoms with E-state index in [1.165, 1.54) is 4.90 Å². The van der Waals surface area contributed by atoms with E-state index >= 15 is 0 Å². The summed E-state index contributed by atoms with van der Waals surface area (Å²) in [5.74, 6) is -0.424. The number of carbonyl (C=O) groups excluding carboxylic acids is 2. The number of rotatable bonds is 0. The number of imide groups is 1. The lowest BCUT2D eigenvalue weighted by Crippen LogP contribution is -2.47. The van der Waals surface area contributed by atoms with Gasteiger partial charge in [-0.25, -0.2) is 0 Å². The van der Waals surface area contributed by atoms with Gasteiger partial charge in [-0.05, 0) is 20.8 Å². The van der Waals surface area contributed by atoms with Gasteiger partial charge in [-0.15, -0.1) is 0 Å². The van der Waals surface area contributed by atoms with Crippen molar-refractivity contribution in [2.45, 2.75) is 38.8 Å². The molecule has 0 bridgehead atoms. The maximum absolute atomic E-state index is 11.3. The van der Waals surface area contributed by atoms with Crippen LogP contribution in [0.4, 0.5) is 0 Å². The van der Waals surface area contributed by atoms with Crippen molar-refractivity contribution in [2.75, 3.05) is 0 Å². The molecule has 1 heterocycles. The summed E-state index contributed by atoms with van der Waals surface area (Å²) in [6.45, 7) is 5.46. The molecule has 0 spiro atoms. The maximum Gasteiger partial charge on any atom is 0.247 e. The first-order valence-electron chi connectivity index (χ1n) is 3.96. The third-order valence-electron chi connectivity index (χ3n) is 1.85. The van der Waals surface area contributed by atoms with Crippen molar-refractivity contribution in [3.63, 3.8) is 0 Å². The van der Waals surface area contributed by atoms with Crippen LogP contribution in [-0.4, -0.2) is 28.3 Å². The second-order valence-corrected chi connectivity index (χ2v) is 4.05. The first-order chi connectivity index (χ1) is 5.34. The molecule has 12 heavy (non-hydrogen) atoms. The SMILES string of the molecule is CC(C)(C)N1C(=O)CC(N)C1=O. The third-order valence-corrected chi connectivity index (χ3v) is 1.85. The molecule has 1 unspecified atom stereocenters. The molecule has 2 amide bonds. The lowest BCUT2D eigenvalue weighted by Gasteiger charge is -2.29. The summed E-state index contributed by atoms with van der Waals surface area (Å²) >= 11 is 0. The highest BCUT2D eigenvalue weighted by molar-refractivity contribution is 6.06. The van der Waals surface area contributed by atoms with Gasteiger partial charge in [0, 0.05) is 5.54 Å². The lowest BCUT2D eigenvalue weighted by molar-refractivity contribution is -0.144. The zero-order chi connectivity index (χ0) is 9.52. The van der Waals surface area contributed by atoms with E-state index in [-0.39, 0.29) is 18.2 Å². The summed E-state index contributed by atoms with van der Waals surface area (Å²) in [6.07, 6.45) is 0.149. The molecule has 0 saturated carbocycles. The Bertz CT molecular complexity index is 230. The predicted molar refractivity (Wildman–Crippen MR) is 44.2 cm³/mol. The molecule has 0 aliphatic carbocycles. The van der Waals surface area contributed by atoms with Crippen LogP contribution in [0.5, 0.6) is 0 Å². The van der Waals surface area contributed by atoms with Gasteiger partial charge in [-0.1, -0.05) is 0 Å². The smallest absolute Gasteiger partial charge is 0.247 e. The Balaban J connectivity index is 2.92. The quantitative estimate of drug-likeness (QED) is 0.515. The number of likely N-dealkylation sites (tertiary alicyclic amines) is 1. The third kappa shape index (κ3) is 1.34. The molecule has 1 fully saturated rings. The Morgan fingerprint density at radius 1 is 1.42 bits per heavy atom. The van der Waals surface area contributed by atoms with E-state index < -0.39 is 11.6 Å². The van der Waals surface area contributed by atoms with Gasteiger partial charge in [0.15, 0.2) is 0 Å². The second kappa shape index (κ2) is 2.55. The minimum Gasteiger partial charge on any atom is -0.319 e. The zero-order valence-electron chi connectivity index (χ0n) is 7.63. The summed E-state index contributed by atoms with van der Waals surface area (Å²) in [5, 5.41) is 0. The second-order valence-electron chi connectivity index (χ2n) is 4.05. The normalized spacial score (nSPS) is 25.3. The molecule has 68 valence electrons. The number of hydrogen-bond donors (Lipinski definition) is 1. The van der Waals surface area contributed by atoms with E-state index in [1.807, 2.05) is 20.8 Å². The first kappa shape index (κ1) is 9.19. The number of nitrogens with zero attached hydrogens (tertiary/aromatic N) is 1.